The van der Waals surface area contributed by atoms with Crippen LogP contribution in [-0.4, -0.2) is 13.1 Å². The van der Waals surface area contributed by atoms with E-state index < -0.39 is 0 Å². The van der Waals surface area contributed by atoms with Gasteiger partial charge in [-0.3, -0.25) is 0 Å². The fraction of sp³-hybridized carbons (Fsp3) is 0.467. The van der Waals surface area contributed by atoms with Crippen molar-refractivity contribution >= 4 is 6.08 Å². The molecule has 0 fully saturated rings. The van der Waals surface area contributed by atoms with Crippen molar-refractivity contribution in [3.05, 3.63) is 40.7 Å². The van der Waals surface area contributed by atoms with Gasteiger partial charge in [0.2, 0.25) is 0 Å². The van der Waals surface area contributed by atoms with Crippen LogP contribution in [0.1, 0.15) is 37.8 Å². The van der Waals surface area contributed by atoms with Gasteiger partial charge in [0, 0.05) is 6.54 Å². The fourth-order valence-corrected chi connectivity index (χ4v) is 1.72. The molecule has 94 valence electrons. The molecule has 1 rings (SSSR count). The lowest BCUT2D eigenvalue weighted by molar-refractivity contribution is 0.626. The molecule has 0 aliphatic heterocycles. The van der Waals surface area contributed by atoms with Crippen LogP contribution in [0.2, 0.25) is 0 Å². The zero-order valence-corrected chi connectivity index (χ0v) is 11.0. The Balaban J connectivity index is 2.75. The Bertz CT molecular complexity index is 383. The van der Waals surface area contributed by atoms with E-state index in [4.69, 9.17) is 0 Å². The predicted octanol–water partition coefficient (Wildman–Crippen LogP) is 3.93. The summed E-state index contributed by atoms with van der Waals surface area (Å²) in [6.45, 7) is 8.22. The van der Waals surface area contributed by atoms with Gasteiger partial charge in [0.15, 0.2) is 0 Å². The van der Waals surface area contributed by atoms with Crippen LogP contribution >= 0.6 is 0 Å². The van der Waals surface area contributed by atoms with Crippen molar-refractivity contribution in [2.24, 2.45) is 0 Å². The van der Waals surface area contributed by atoms with E-state index in [1.165, 1.54) is 11.6 Å². The molecule has 1 aromatic carbocycles. The van der Waals surface area contributed by atoms with Gasteiger partial charge in [0.25, 0.3) is 0 Å². The Morgan fingerprint density at radius 1 is 1.35 bits per heavy atom. The molecule has 1 nitrogen and oxygen atoms in total. The number of rotatable bonds is 6. The number of halogens is 1. The van der Waals surface area contributed by atoms with Gasteiger partial charge in [-0.2, -0.15) is 0 Å². The highest BCUT2D eigenvalue weighted by molar-refractivity contribution is 5.56. The summed E-state index contributed by atoms with van der Waals surface area (Å²) in [6, 6.07) is 4.95. The van der Waals surface area contributed by atoms with Crippen molar-refractivity contribution in [2.75, 3.05) is 13.1 Å². The third-order valence-electron chi connectivity index (χ3n) is 2.82. The minimum Gasteiger partial charge on any atom is -0.313 e. The van der Waals surface area contributed by atoms with E-state index in [1.807, 2.05) is 13.0 Å². The van der Waals surface area contributed by atoms with Gasteiger partial charge in [0.05, 0.1) is 0 Å². The molecular weight excluding hydrogens is 213 g/mol. The molecule has 1 aromatic rings. The number of hydrogen-bond donors (Lipinski definition) is 1. The second-order valence-corrected chi connectivity index (χ2v) is 4.33. The summed E-state index contributed by atoms with van der Waals surface area (Å²) in [7, 11) is 0. The first-order chi connectivity index (χ1) is 8.17. The Morgan fingerprint density at radius 3 is 2.71 bits per heavy atom. The molecule has 0 heterocycles. The average molecular weight is 235 g/mol. The van der Waals surface area contributed by atoms with Crippen molar-refractivity contribution in [2.45, 2.75) is 33.6 Å². The minimum atomic E-state index is -0.165. The van der Waals surface area contributed by atoms with E-state index >= 15 is 0 Å². The van der Waals surface area contributed by atoms with E-state index in [0.29, 0.717) is 0 Å². The predicted molar refractivity (Wildman–Crippen MR) is 72.6 cm³/mol. The highest BCUT2D eigenvalue weighted by Crippen LogP contribution is 2.15. The third-order valence-corrected chi connectivity index (χ3v) is 2.82. The Hall–Kier alpha value is -1.15. The zero-order valence-electron chi connectivity index (χ0n) is 11.0. The molecule has 0 saturated heterocycles. The second-order valence-electron chi connectivity index (χ2n) is 4.33. The Labute approximate surface area is 104 Å². The molecule has 0 bridgehead atoms. The van der Waals surface area contributed by atoms with Crippen molar-refractivity contribution in [1.82, 2.24) is 5.32 Å². The van der Waals surface area contributed by atoms with E-state index in [-0.39, 0.29) is 5.82 Å². The van der Waals surface area contributed by atoms with Crippen LogP contribution in [0, 0.1) is 12.7 Å². The first kappa shape index (κ1) is 13.9. The van der Waals surface area contributed by atoms with Crippen LogP contribution in [0.3, 0.4) is 0 Å². The molecular formula is C15H22FN. The molecule has 0 unspecified atom stereocenters. The van der Waals surface area contributed by atoms with Crippen molar-refractivity contribution in [3.63, 3.8) is 0 Å². The quantitative estimate of drug-likeness (QED) is 0.737. The normalized spacial score (nSPS) is 11.9. The number of benzene rings is 1. The molecule has 0 amide bonds. The van der Waals surface area contributed by atoms with Gasteiger partial charge in [-0.25, -0.2) is 4.39 Å². The highest BCUT2D eigenvalue weighted by Gasteiger charge is 1.99. The van der Waals surface area contributed by atoms with Crippen LogP contribution < -0.4 is 5.32 Å². The summed E-state index contributed by atoms with van der Waals surface area (Å²) in [5.41, 5.74) is 3.46. The summed E-state index contributed by atoms with van der Waals surface area (Å²) >= 11 is 0. The average Bonchev–Trinajstić information content (AvgIpc) is 2.31. The van der Waals surface area contributed by atoms with E-state index in [9.17, 15) is 4.39 Å². The maximum Gasteiger partial charge on any atom is 0.123 e. The fourth-order valence-electron chi connectivity index (χ4n) is 1.72. The SMILES string of the molecule is CCCNCC(=Cc1ccc(F)cc1C)CC. The van der Waals surface area contributed by atoms with Gasteiger partial charge in [-0.15, -0.1) is 0 Å². The van der Waals surface area contributed by atoms with E-state index in [1.54, 1.807) is 6.07 Å². The zero-order chi connectivity index (χ0) is 12.7. The van der Waals surface area contributed by atoms with Gasteiger partial charge in [-0.1, -0.05) is 31.6 Å². The lowest BCUT2D eigenvalue weighted by Gasteiger charge is -2.08. The maximum atomic E-state index is 13.0. The summed E-state index contributed by atoms with van der Waals surface area (Å²) in [6.07, 6.45) is 4.33. The largest absolute Gasteiger partial charge is 0.313 e. The lowest BCUT2D eigenvalue weighted by Crippen LogP contribution is -2.17. The van der Waals surface area contributed by atoms with Gasteiger partial charge < -0.3 is 5.32 Å². The van der Waals surface area contributed by atoms with Crippen LogP contribution in [0.4, 0.5) is 4.39 Å². The molecule has 0 atom stereocenters. The summed E-state index contributed by atoms with van der Waals surface area (Å²) in [4.78, 5) is 0. The second kappa shape index (κ2) is 7.23. The molecule has 0 aromatic heterocycles. The van der Waals surface area contributed by atoms with Crippen LogP contribution in [0.5, 0.6) is 0 Å². The standard InChI is InChI=1S/C15H22FN/c1-4-8-17-11-13(5-2)10-14-6-7-15(16)9-12(14)3/h6-7,9-10,17H,4-5,8,11H2,1-3H3. The van der Waals surface area contributed by atoms with Crippen molar-refractivity contribution in [3.8, 4) is 0 Å². The van der Waals surface area contributed by atoms with Crippen molar-refractivity contribution in [1.29, 1.82) is 0 Å². The number of nitrogens with one attached hydrogen (secondary N) is 1. The minimum absolute atomic E-state index is 0.165. The van der Waals surface area contributed by atoms with Crippen molar-refractivity contribution < 1.29 is 4.39 Å². The van der Waals surface area contributed by atoms with E-state index in [2.05, 4.69) is 25.2 Å². The first-order valence-corrected chi connectivity index (χ1v) is 6.33. The Kier molecular flexibility index (Phi) is 5.92. The third kappa shape index (κ3) is 4.70. The first-order valence-electron chi connectivity index (χ1n) is 6.33. The van der Waals surface area contributed by atoms with Crippen LogP contribution in [0.25, 0.3) is 6.08 Å². The molecule has 0 aliphatic rings. The highest BCUT2D eigenvalue weighted by atomic mass is 19.1. The summed E-state index contributed by atoms with van der Waals surface area (Å²) in [5, 5.41) is 3.39. The molecule has 2 heteroatoms. The monoisotopic (exact) mass is 235 g/mol. The number of hydrogen-bond acceptors (Lipinski definition) is 1. The van der Waals surface area contributed by atoms with E-state index in [0.717, 1.165) is 37.1 Å². The summed E-state index contributed by atoms with van der Waals surface area (Å²) in [5.74, 6) is -0.165. The molecule has 0 aliphatic carbocycles. The molecule has 17 heavy (non-hydrogen) atoms. The molecule has 0 saturated carbocycles. The smallest absolute Gasteiger partial charge is 0.123 e. The van der Waals surface area contributed by atoms with Gasteiger partial charge >= 0.3 is 0 Å². The lowest BCUT2D eigenvalue weighted by atomic mass is 10.0. The summed E-state index contributed by atoms with van der Waals surface area (Å²) < 4.78 is 13.0. The number of aryl methyl sites for hydroxylation is 1. The van der Waals surface area contributed by atoms with Gasteiger partial charge in [-0.05, 0) is 49.6 Å². The molecule has 0 spiro atoms. The van der Waals surface area contributed by atoms with Crippen LogP contribution in [-0.2, 0) is 0 Å². The van der Waals surface area contributed by atoms with Gasteiger partial charge in [0.1, 0.15) is 5.82 Å². The molecule has 0 radical (unpaired) electrons. The Morgan fingerprint density at radius 2 is 2.12 bits per heavy atom. The maximum absolute atomic E-state index is 13.0. The topological polar surface area (TPSA) is 12.0 Å². The molecule has 1 N–H and O–H groups in total. The van der Waals surface area contributed by atoms with Crippen LogP contribution in [0.15, 0.2) is 23.8 Å².